The van der Waals surface area contributed by atoms with Crippen molar-refractivity contribution in [3.8, 4) is 5.69 Å². The van der Waals surface area contributed by atoms with Crippen LogP contribution in [-0.4, -0.2) is 55.7 Å². The van der Waals surface area contributed by atoms with Crippen molar-refractivity contribution in [2.24, 2.45) is 5.41 Å². The van der Waals surface area contributed by atoms with Crippen LogP contribution in [0, 0.1) is 5.41 Å². The number of para-hydroxylation sites is 1. The highest BCUT2D eigenvalue weighted by molar-refractivity contribution is 7.99. The normalized spacial score (nSPS) is 15.4. The highest BCUT2D eigenvalue weighted by Crippen LogP contribution is 2.46. The third-order valence-electron chi connectivity index (χ3n) is 7.70. The van der Waals surface area contributed by atoms with E-state index in [2.05, 4.69) is 10.3 Å². The lowest BCUT2D eigenvalue weighted by Crippen LogP contribution is -2.55. The number of rotatable bonds is 14. The van der Waals surface area contributed by atoms with E-state index < -0.39 is 23.8 Å². The molecule has 8 nitrogen and oxygen atoms in total. The molecule has 0 aliphatic heterocycles. The first kappa shape index (κ1) is 29.4. The number of nitrogens with zero attached hydrogens (tertiary/aromatic N) is 3. The number of nitrogens with one attached hydrogen (secondary N) is 1. The molecule has 0 saturated heterocycles. The minimum Gasteiger partial charge on any atom is -0.465 e. The summed E-state index contributed by atoms with van der Waals surface area (Å²) in [5.41, 5.74) is 1.61. The number of carboxylic acid groups (broad SMARTS) is 1. The molecule has 0 unspecified atom stereocenters. The Kier molecular flexibility index (Phi) is 10.0. The highest BCUT2D eigenvalue weighted by atomic mass is 32.2. The number of thioether (sulfide) groups is 1. The SMILES string of the molecule is CCCC[C@@H](C(=O)C(=O)N[C@H](C)c1ccccc1)N(CC1(CSc2nccn2-c2ccccc2)CCC1)C(=O)O. The fourth-order valence-electron chi connectivity index (χ4n) is 5.17. The van der Waals surface area contributed by atoms with Crippen LogP contribution in [0.1, 0.15) is 64.0 Å². The van der Waals surface area contributed by atoms with Crippen LogP contribution in [0.2, 0.25) is 0 Å². The number of aromatic nitrogens is 2. The molecule has 0 radical (unpaired) electrons. The van der Waals surface area contributed by atoms with Gasteiger partial charge in [0.1, 0.15) is 6.04 Å². The number of Topliss-reactive ketones (excluding diaryl/α,β-unsaturated/α-hetero) is 1. The molecule has 9 heteroatoms. The van der Waals surface area contributed by atoms with Gasteiger partial charge in [-0.1, -0.05) is 86.5 Å². The van der Waals surface area contributed by atoms with Crippen molar-refractivity contribution in [2.75, 3.05) is 12.3 Å². The summed E-state index contributed by atoms with van der Waals surface area (Å²) in [6, 6.07) is 18.0. The second-order valence-electron chi connectivity index (χ2n) is 10.6. The van der Waals surface area contributed by atoms with Gasteiger partial charge in [0.05, 0.1) is 6.04 Å². The summed E-state index contributed by atoms with van der Waals surface area (Å²) in [6.45, 7) is 4.02. The number of carbonyl (C=O) groups excluding carboxylic acids is 2. The molecular formula is C31H38N4O4S. The van der Waals surface area contributed by atoms with E-state index in [9.17, 15) is 19.5 Å². The molecule has 2 atom stereocenters. The van der Waals surface area contributed by atoms with Gasteiger partial charge in [-0.15, -0.1) is 0 Å². The van der Waals surface area contributed by atoms with E-state index in [4.69, 9.17) is 0 Å². The molecule has 1 aromatic heterocycles. The van der Waals surface area contributed by atoms with Gasteiger partial charge in [-0.2, -0.15) is 0 Å². The highest BCUT2D eigenvalue weighted by Gasteiger charge is 2.44. The van der Waals surface area contributed by atoms with Crippen LogP contribution in [0.4, 0.5) is 4.79 Å². The molecule has 4 rings (SSSR count). The maximum atomic E-state index is 13.5. The van der Waals surface area contributed by atoms with Gasteiger partial charge in [0.15, 0.2) is 5.16 Å². The number of carbonyl (C=O) groups is 3. The van der Waals surface area contributed by atoms with Gasteiger partial charge in [-0.3, -0.25) is 19.1 Å². The molecule has 3 aromatic rings. The quantitative estimate of drug-likeness (QED) is 0.181. The third kappa shape index (κ3) is 7.13. The van der Waals surface area contributed by atoms with E-state index in [1.807, 2.05) is 85.3 Å². The minimum absolute atomic E-state index is 0.211. The summed E-state index contributed by atoms with van der Waals surface area (Å²) < 4.78 is 2.03. The van der Waals surface area contributed by atoms with Crippen LogP contribution in [-0.2, 0) is 9.59 Å². The second kappa shape index (κ2) is 13.7. The van der Waals surface area contributed by atoms with Crippen LogP contribution in [0.3, 0.4) is 0 Å². The van der Waals surface area contributed by atoms with Crippen LogP contribution in [0.25, 0.3) is 5.69 Å². The predicted octanol–water partition coefficient (Wildman–Crippen LogP) is 6.12. The van der Waals surface area contributed by atoms with Crippen molar-refractivity contribution >= 4 is 29.5 Å². The average molecular weight is 563 g/mol. The van der Waals surface area contributed by atoms with Gasteiger partial charge in [-0.25, -0.2) is 9.78 Å². The monoisotopic (exact) mass is 562 g/mol. The number of benzene rings is 2. The summed E-state index contributed by atoms with van der Waals surface area (Å²) in [4.78, 5) is 44.9. The first-order valence-electron chi connectivity index (χ1n) is 13.9. The molecule has 212 valence electrons. The van der Waals surface area contributed by atoms with Crippen LogP contribution in [0.15, 0.2) is 78.2 Å². The summed E-state index contributed by atoms with van der Waals surface area (Å²) in [5, 5.41) is 13.9. The Labute approximate surface area is 240 Å². The van der Waals surface area contributed by atoms with Gasteiger partial charge in [0.2, 0.25) is 5.78 Å². The van der Waals surface area contributed by atoms with Crippen molar-refractivity contribution in [1.82, 2.24) is 19.8 Å². The summed E-state index contributed by atoms with van der Waals surface area (Å²) in [5.74, 6) is -0.766. The van der Waals surface area contributed by atoms with Gasteiger partial charge in [-0.05, 0) is 49.3 Å². The number of hydrogen-bond acceptors (Lipinski definition) is 5. The largest absolute Gasteiger partial charge is 0.465 e. The van der Waals surface area contributed by atoms with Crippen molar-refractivity contribution in [2.45, 2.75) is 69.6 Å². The topological polar surface area (TPSA) is 105 Å². The summed E-state index contributed by atoms with van der Waals surface area (Å²) in [7, 11) is 0. The molecule has 1 saturated carbocycles. The van der Waals surface area contributed by atoms with E-state index in [1.165, 1.54) is 4.90 Å². The molecule has 0 spiro atoms. The Morgan fingerprint density at radius 2 is 1.77 bits per heavy atom. The molecular weight excluding hydrogens is 524 g/mol. The van der Waals surface area contributed by atoms with Gasteiger partial charge in [0.25, 0.3) is 5.91 Å². The lowest BCUT2D eigenvalue weighted by atomic mass is 9.69. The first-order chi connectivity index (χ1) is 19.3. The first-order valence-corrected chi connectivity index (χ1v) is 14.9. The Morgan fingerprint density at radius 1 is 1.10 bits per heavy atom. The maximum absolute atomic E-state index is 13.5. The molecule has 40 heavy (non-hydrogen) atoms. The van der Waals surface area contributed by atoms with E-state index in [1.54, 1.807) is 18.0 Å². The standard InChI is InChI=1S/C31H38N4O4S/c1-3-4-16-26(27(36)28(37)33-23(2)24-12-7-5-8-13-24)35(30(38)39)21-31(17-11-18-31)22-40-29-32-19-20-34(29)25-14-9-6-10-15-25/h5-10,12-15,19-20,23,26H,3-4,11,16-18,21-22H2,1-2H3,(H,33,37)(H,38,39)/t23-,26+/m1/s1. The second-order valence-corrected chi connectivity index (χ2v) is 11.5. The van der Waals surface area contributed by atoms with Crippen molar-refractivity contribution in [3.05, 3.63) is 78.6 Å². The Balaban J connectivity index is 1.48. The van der Waals surface area contributed by atoms with Crippen LogP contribution < -0.4 is 5.32 Å². The maximum Gasteiger partial charge on any atom is 0.407 e. The number of hydrogen-bond donors (Lipinski definition) is 2. The Morgan fingerprint density at radius 3 is 2.38 bits per heavy atom. The molecule has 0 bridgehead atoms. The summed E-state index contributed by atoms with van der Waals surface area (Å²) >= 11 is 1.60. The fourth-order valence-corrected chi connectivity index (χ4v) is 6.42. The lowest BCUT2D eigenvalue weighted by molar-refractivity contribution is -0.141. The van der Waals surface area contributed by atoms with Crippen LogP contribution >= 0.6 is 11.8 Å². The lowest BCUT2D eigenvalue weighted by Gasteiger charge is -2.45. The number of unbranched alkanes of at least 4 members (excludes halogenated alkanes) is 1. The number of imidazole rings is 1. The molecule has 1 heterocycles. The van der Waals surface area contributed by atoms with E-state index >= 15 is 0 Å². The Hall–Kier alpha value is -3.59. The van der Waals surface area contributed by atoms with Gasteiger partial charge >= 0.3 is 6.09 Å². The smallest absolute Gasteiger partial charge is 0.407 e. The molecule has 2 amide bonds. The predicted molar refractivity (Wildman–Crippen MR) is 157 cm³/mol. The average Bonchev–Trinajstić information content (AvgIpc) is 3.42. The molecule has 1 fully saturated rings. The van der Waals surface area contributed by atoms with Crippen molar-refractivity contribution in [3.63, 3.8) is 0 Å². The van der Waals surface area contributed by atoms with E-state index in [-0.39, 0.29) is 18.0 Å². The molecule has 2 N–H and O–H groups in total. The van der Waals surface area contributed by atoms with Gasteiger partial charge in [0, 0.05) is 30.4 Å². The van der Waals surface area contributed by atoms with Gasteiger partial charge < -0.3 is 10.4 Å². The van der Waals surface area contributed by atoms with Crippen molar-refractivity contribution in [1.29, 1.82) is 0 Å². The molecule has 1 aliphatic carbocycles. The third-order valence-corrected chi connectivity index (χ3v) is 9.01. The van der Waals surface area contributed by atoms with Crippen molar-refractivity contribution < 1.29 is 19.5 Å². The molecule has 1 aliphatic rings. The Bertz CT molecular complexity index is 1280. The van der Waals surface area contributed by atoms with E-state index in [0.717, 1.165) is 42.1 Å². The van der Waals surface area contributed by atoms with E-state index in [0.29, 0.717) is 18.6 Å². The summed E-state index contributed by atoms with van der Waals surface area (Å²) in [6.07, 6.45) is 7.01. The zero-order valence-electron chi connectivity index (χ0n) is 23.2. The number of ketones is 1. The molecule has 2 aromatic carbocycles. The minimum atomic E-state index is -1.17. The zero-order valence-corrected chi connectivity index (χ0v) is 24.0. The number of amides is 2. The van der Waals surface area contributed by atoms with Crippen LogP contribution in [0.5, 0.6) is 0 Å². The fraction of sp³-hybridized carbons (Fsp3) is 0.419. The zero-order chi connectivity index (χ0) is 28.5.